The van der Waals surface area contributed by atoms with Crippen LogP contribution in [0.15, 0.2) is 17.2 Å². The third-order valence-corrected chi connectivity index (χ3v) is 3.94. The Bertz CT molecular complexity index is 788. The Labute approximate surface area is 136 Å². The molecule has 2 aromatic heterocycles. The molecule has 1 atom stereocenters. The molecular weight excluding hydrogens is 331 g/mol. The molecule has 118 valence electrons. The van der Waals surface area contributed by atoms with Crippen LogP contribution in [0.2, 0.25) is 10.2 Å². The average Bonchev–Trinajstić information content (AvgIpc) is 2.50. The van der Waals surface area contributed by atoms with Crippen molar-refractivity contribution in [3.63, 3.8) is 0 Å². The summed E-state index contributed by atoms with van der Waals surface area (Å²) in [4.78, 5) is 28.2. The van der Waals surface area contributed by atoms with Crippen molar-refractivity contribution >= 4 is 40.1 Å². The second-order valence-electron chi connectivity index (χ2n) is 4.66. The third kappa shape index (κ3) is 2.82. The number of nitrogens with zero attached hydrogens (tertiary/aromatic N) is 2. The first-order valence-corrected chi connectivity index (χ1v) is 7.34. The predicted octanol–water partition coefficient (Wildman–Crippen LogP) is 2.43. The Morgan fingerprint density at radius 1 is 1.50 bits per heavy atom. The fraction of sp³-hybridized carbons (Fsp3) is 0.357. The fourth-order valence-electron chi connectivity index (χ4n) is 2.07. The Morgan fingerprint density at radius 3 is 2.77 bits per heavy atom. The lowest BCUT2D eigenvalue weighted by Gasteiger charge is -2.19. The van der Waals surface area contributed by atoms with Gasteiger partial charge in [-0.3, -0.25) is 4.79 Å². The largest absolute Gasteiger partial charge is 0.462 e. The summed E-state index contributed by atoms with van der Waals surface area (Å²) in [6.07, 6.45) is 2.58. The molecular formula is C14H14Cl2N2O4. The van der Waals surface area contributed by atoms with Crippen molar-refractivity contribution in [2.24, 2.45) is 0 Å². The van der Waals surface area contributed by atoms with Gasteiger partial charge in [-0.05, 0) is 13.8 Å². The number of aliphatic hydroxyl groups is 1. The summed E-state index contributed by atoms with van der Waals surface area (Å²) >= 11 is 12.0. The molecule has 1 N–H and O–H groups in total. The second kappa shape index (κ2) is 6.64. The predicted molar refractivity (Wildman–Crippen MR) is 83.8 cm³/mol. The fourth-order valence-corrected chi connectivity index (χ4v) is 2.46. The summed E-state index contributed by atoms with van der Waals surface area (Å²) in [5.41, 5.74) is -0.364. The molecule has 2 rings (SSSR count). The van der Waals surface area contributed by atoms with Gasteiger partial charge in [0.25, 0.3) is 0 Å². The number of aromatic nitrogens is 2. The lowest BCUT2D eigenvalue weighted by atomic mass is 10.1. The first-order valence-electron chi connectivity index (χ1n) is 6.59. The molecule has 0 aliphatic rings. The molecule has 0 amide bonds. The van der Waals surface area contributed by atoms with Crippen LogP contribution in [0.1, 0.15) is 30.2 Å². The molecule has 0 spiro atoms. The van der Waals surface area contributed by atoms with Crippen LogP contribution < -0.4 is 5.43 Å². The third-order valence-electron chi connectivity index (χ3n) is 3.20. The van der Waals surface area contributed by atoms with E-state index >= 15 is 0 Å². The summed E-state index contributed by atoms with van der Waals surface area (Å²) < 4.78 is 6.41. The Morgan fingerprint density at radius 2 is 2.18 bits per heavy atom. The van der Waals surface area contributed by atoms with E-state index < -0.39 is 17.4 Å². The molecule has 0 aromatic carbocycles. The average molecular weight is 345 g/mol. The van der Waals surface area contributed by atoms with Gasteiger partial charge in [-0.1, -0.05) is 23.2 Å². The number of hydrogen-bond acceptors (Lipinski definition) is 5. The van der Waals surface area contributed by atoms with Gasteiger partial charge in [-0.25, -0.2) is 9.78 Å². The van der Waals surface area contributed by atoms with Crippen molar-refractivity contribution < 1.29 is 14.6 Å². The van der Waals surface area contributed by atoms with Crippen molar-refractivity contribution in [3.05, 3.63) is 38.4 Å². The number of pyridine rings is 2. The number of esters is 1. The van der Waals surface area contributed by atoms with Crippen molar-refractivity contribution in [1.82, 2.24) is 9.55 Å². The number of carbonyl (C=O) groups excluding carboxylic acids is 1. The molecule has 0 aliphatic carbocycles. The van der Waals surface area contributed by atoms with Crippen LogP contribution in [-0.2, 0) is 4.74 Å². The van der Waals surface area contributed by atoms with E-state index in [-0.39, 0.29) is 34.3 Å². The SMILES string of the molecule is CCOC(=O)c1cn(C(C)CO)c2c(Cl)c(Cl)ncc2c1=O. The van der Waals surface area contributed by atoms with Gasteiger partial charge in [0, 0.05) is 12.4 Å². The van der Waals surface area contributed by atoms with Gasteiger partial charge in [0.05, 0.1) is 30.2 Å². The number of aliphatic hydroxyl groups excluding tert-OH is 1. The van der Waals surface area contributed by atoms with E-state index in [4.69, 9.17) is 27.9 Å². The smallest absolute Gasteiger partial charge is 0.343 e. The molecule has 0 saturated carbocycles. The Hall–Kier alpha value is -1.63. The number of halogens is 2. The van der Waals surface area contributed by atoms with Gasteiger partial charge in [0.2, 0.25) is 5.43 Å². The molecule has 8 heteroatoms. The van der Waals surface area contributed by atoms with E-state index in [2.05, 4.69) is 4.98 Å². The zero-order valence-corrected chi connectivity index (χ0v) is 13.5. The number of rotatable bonds is 4. The molecule has 0 fully saturated rings. The van der Waals surface area contributed by atoms with Crippen molar-refractivity contribution in [2.45, 2.75) is 19.9 Å². The van der Waals surface area contributed by atoms with E-state index in [1.165, 1.54) is 17.0 Å². The molecule has 0 aliphatic heterocycles. The highest BCUT2D eigenvalue weighted by Crippen LogP contribution is 2.29. The minimum absolute atomic E-state index is 0.0383. The van der Waals surface area contributed by atoms with Crippen LogP contribution in [0.25, 0.3) is 10.9 Å². The normalized spacial score (nSPS) is 12.4. The van der Waals surface area contributed by atoms with Gasteiger partial charge >= 0.3 is 5.97 Å². The Kier molecular flexibility index (Phi) is 5.05. The van der Waals surface area contributed by atoms with Crippen LogP contribution in [0.3, 0.4) is 0 Å². The van der Waals surface area contributed by atoms with E-state index in [9.17, 15) is 14.7 Å². The zero-order valence-electron chi connectivity index (χ0n) is 12.0. The molecule has 22 heavy (non-hydrogen) atoms. The lowest BCUT2D eigenvalue weighted by Crippen LogP contribution is -2.23. The quantitative estimate of drug-likeness (QED) is 0.680. The van der Waals surface area contributed by atoms with Crippen molar-refractivity contribution in [1.29, 1.82) is 0 Å². The number of hydrogen-bond donors (Lipinski definition) is 1. The van der Waals surface area contributed by atoms with E-state index in [0.29, 0.717) is 5.52 Å². The maximum atomic E-state index is 12.5. The molecule has 0 bridgehead atoms. The van der Waals surface area contributed by atoms with Crippen LogP contribution in [-0.4, -0.2) is 33.8 Å². The minimum atomic E-state index is -0.737. The number of fused-ring (bicyclic) bond motifs is 1. The number of ether oxygens (including phenoxy) is 1. The Balaban J connectivity index is 2.88. The summed E-state index contributed by atoms with van der Waals surface area (Å²) in [7, 11) is 0. The molecule has 6 nitrogen and oxygen atoms in total. The summed E-state index contributed by atoms with van der Waals surface area (Å²) in [6.45, 7) is 3.29. The van der Waals surface area contributed by atoms with E-state index in [0.717, 1.165) is 0 Å². The molecule has 0 saturated heterocycles. The van der Waals surface area contributed by atoms with Gasteiger partial charge in [-0.15, -0.1) is 0 Å². The zero-order chi connectivity index (χ0) is 16.4. The van der Waals surface area contributed by atoms with Crippen molar-refractivity contribution in [2.75, 3.05) is 13.2 Å². The lowest BCUT2D eigenvalue weighted by molar-refractivity contribution is 0.0523. The highest BCUT2D eigenvalue weighted by atomic mass is 35.5. The second-order valence-corrected chi connectivity index (χ2v) is 5.39. The maximum absolute atomic E-state index is 12.5. The van der Waals surface area contributed by atoms with Gasteiger partial charge in [0.1, 0.15) is 15.7 Å². The summed E-state index contributed by atoms with van der Waals surface area (Å²) in [5, 5.41) is 9.67. The standard InChI is InChI=1S/C14H14Cl2N2O4/c1-3-22-14(21)9-5-18(7(2)6-19)11-8(12(9)20)4-17-13(16)10(11)15/h4-5,7,19H,3,6H2,1-2H3. The first-order chi connectivity index (χ1) is 10.4. The molecule has 0 radical (unpaired) electrons. The number of carbonyl (C=O) groups is 1. The highest BCUT2D eigenvalue weighted by molar-refractivity contribution is 6.44. The minimum Gasteiger partial charge on any atom is -0.462 e. The van der Waals surface area contributed by atoms with Gasteiger partial charge < -0.3 is 14.4 Å². The van der Waals surface area contributed by atoms with Gasteiger partial charge in [0.15, 0.2) is 0 Å². The first kappa shape index (κ1) is 16.7. The summed E-state index contributed by atoms with van der Waals surface area (Å²) in [5.74, 6) is -0.737. The molecule has 1 unspecified atom stereocenters. The maximum Gasteiger partial charge on any atom is 0.343 e. The molecule has 2 heterocycles. The monoisotopic (exact) mass is 344 g/mol. The van der Waals surface area contributed by atoms with Gasteiger partial charge in [-0.2, -0.15) is 0 Å². The van der Waals surface area contributed by atoms with Crippen LogP contribution in [0.5, 0.6) is 0 Å². The topological polar surface area (TPSA) is 81.4 Å². The van der Waals surface area contributed by atoms with E-state index in [1.54, 1.807) is 13.8 Å². The highest BCUT2D eigenvalue weighted by Gasteiger charge is 2.21. The summed E-state index contributed by atoms with van der Waals surface area (Å²) in [6, 6.07) is -0.424. The van der Waals surface area contributed by atoms with Crippen LogP contribution >= 0.6 is 23.2 Å². The van der Waals surface area contributed by atoms with Crippen molar-refractivity contribution in [3.8, 4) is 0 Å². The van der Waals surface area contributed by atoms with E-state index in [1.807, 2.05) is 0 Å². The van der Waals surface area contributed by atoms with Crippen LogP contribution in [0, 0.1) is 0 Å². The van der Waals surface area contributed by atoms with Crippen LogP contribution in [0.4, 0.5) is 0 Å². The molecule has 2 aromatic rings.